The third-order valence-corrected chi connectivity index (χ3v) is 3.72. The second-order valence-electron chi connectivity index (χ2n) is 5.50. The molecule has 1 saturated carbocycles. The fraction of sp³-hybridized carbons (Fsp3) is 0.562. The van der Waals surface area contributed by atoms with Crippen molar-refractivity contribution in [1.29, 1.82) is 0 Å². The van der Waals surface area contributed by atoms with Crippen LogP contribution in [0.4, 0.5) is 0 Å². The summed E-state index contributed by atoms with van der Waals surface area (Å²) >= 11 is 0. The Morgan fingerprint density at radius 1 is 1.23 bits per heavy atom. The first-order valence-electron chi connectivity index (χ1n) is 7.33. The number of methoxy groups -OCH3 is 2. The normalized spacial score (nSPS) is 16.2. The molecule has 2 unspecified atom stereocenters. The Hall–Kier alpha value is -1.46. The summed E-state index contributed by atoms with van der Waals surface area (Å²) in [5, 5.41) is 6.31. The molecule has 0 spiro atoms. The maximum Gasteiger partial charge on any atom is 0.237 e. The topological polar surface area (TPSA) is 59.6 Å². The minimum Gasteiger partial charge on any atom is -0.497 e. The van der Waals surface area contributed by atoms with Crippen LogP contribution >= 0.6 is 12.4 Å². The highest BCUT2D eigenvalue weighted by Gasteiger charge is 2.26. The summed E-state index contributed by atoms with van der Waals surface area (Å²) in [5.41, 5.74) is 0.906. The van der Waals surface area contributed by atoms with Crippen LogP contribution in [0.2, 0.25) is 0 Å². The molecule has 0 bridgehead atoms. The first-order chi connectivity index (χ1) is 10.0. The van der Waals surface area contributed by atoms with Gasteiger partial charge in [0.25, 0.3) is 0 Å². The zero-order valence-electron chi connectivity index (χ0n) is 13.5. The Labute approximate surface area is 138 Å². The minimum absolute atomic E-state index is 0. The van der Waals surface area contributed by atoms with Crippen molar-refractivity contribution in [2.24, 2.45) is 0 Å². The van der Waals surface area contributed by atoms with E-state index in [0.29, 0.717) is 6.04 Å². The monoisotopic (exact) mass is 328 g/mol. The number of hydrogen-bond donors (Lipinski definition) is 2. The predicted octanol–water partition coefficient (Wildman–Crippen LogP) is 2.44. The van der Waals surface area contributed by atoms with Crippen LogP contribution in [-0.4, -0.2) is 32.2 Å². The Kier molecular flexibility index (Phi) is 6.97. The van der Waals surface area contributed by atoms with Crippen molar-refractivity contribution >= 4 is 18.3 Å². The predicted molar refractivity (Wildman–Crippen MR) is 89.0 cm³/mol. The van der Waals surface area contributed by atoms with E-state index in [4.69, 9.17) is 9.47 Å². The van der Waals surface area contributed by atoms with Crippen LogP contribution in [0.25, 0.3) is 0 Å². The molecule has 1 fully saturated rings. The number of hydrogen-bond acceptors (Lipinski definition) is 4. The van der Waals surface area contributed by atoms with Crippen LogP contribution < -0.4 is 20.1 Å². The minimum atomic E-state index is -0.184. The average Bonchev–Trinajstić information content (AvgIpc) is 3.30. The SMILES string of the molecule is COc1ccc(OC)c(C(C)NC(=O)C(C)NC2CC2)c1.Cl. The van der Waals surface area contributed by atoms with E-state index in [-0.39, 0.29) is 30.4 Å². The Balaban J connectivity index is 0.00000242. The summed E-state index contributed by atoms with van der Waals surface area (Å²) in [7, 11) is 3.24. The molecule has 124 valence electrons. The molecule has 0 heterocycles. The smallest absolute Gasteiger partial charge is 0.237 e. The maximum atomic E-state index is 12.2. The summed E-state index contributed by atoms with van der Waals surface area (Å²) in [6, 6.07) is 5.76. The van der Waals surface area contributed by atoms with E-state index in [9.17, 15) is 4.79 Å². The first kappa shape index (κ1) is 18.6. The van der Waals surface area contributed by atoms with Gasteiger partial charge in [0.1, 0.15) is 11.5 Å². The lowest BCUT2D eigenvalue weighted by molar-refractivity contribution is -0.123. The summed E-state index contributed by atoms with van der Waals surface area (Å²) in [6.45, 7) is 3.84. The lowest BCUT2D eigenvalue weighted by atomic mass is 10.1. The lowest BCUT2D eigenvalue weighted by Gasteiger charge is -2.21. The largest absolute Gasteiger partial charge is 0.497 e. The molecule has 0 aromatic heterocycles. The molecule has 1 amide bonds. The van der Waals surface area contributed by atoms with E-state index in [1.807, 2.05) is 32.0 Å². The molecule has 1 aromatic rings. The van der Waals surface area contributed by atoms with Crippen molar-refractivity contribution in [3.63, 3.8) is 0 Å². The van der Waals surface area contributed by atoms with Gasteiger partial charge >= 0.3 is 0 Å². The van der Waals surface area contributed by atoms with Crippen LogP contribution in [0.5, 0.6) is 11.5 Å². The van der Waals surface area contributed by atoms with Crippen LogP contribution in [0.15, 0.2) is 18.2 Å². The van der Waals surface area contributed by atoms with Crippen molar-refractivity contribution in [3.05, 3.63) is 23.8 Å². The van der Waals surface area contributed by atoms with Gasteiger partial charge < -0.3 is 20.1 Å². The molecule has 2 N–H and O–H groups in total. The van der Waals surface area contributed by atoms with Gasteiger partial charge in [-0.15, -0.1) is 12.4 Å². The zero-order chi connectivity index (χ0) is 15.4. The second-order valence-corrected chi connectivity index (χ2v) is 5.50. The van der Waals surface area contributed by atoms with E-state index in [0.717, 1.165) is 29.9 Å². The molecule has 0 saturated heterocycles. The van der Waals surface area contributed by atoms with Crippen LogP contribution in [0.3, 0.4) is 0 Å². The van der Waals surface area contributed by atoms with E-state index in [1.54, 1.807) is 14.2 Å². The van der Waals surface area contributed by atoms with Crippen molar-refractivity contribution in [3.8, 4) is 11.5 Å². The highest BCUT2D eigenvalue weighted by molar-refractivity contribution is 5.85. The second kappa shape index (κ2) is 8.25. The average molecular weight is 329 g/mol. The fourth-order valence-electron chi connectivity index (χ4n) is 2.27. The number of carbonyl (C=O) groups excluding carboxylic acids is 1. The molecule has 1 aromatic carbocycles. The van der Waals surface area contributed by atoms with E-state index >= 15 is 0 Å². The molecule has 1 aliphatic rings. The van der Waals surface area contributed by atoms with Gasteiger partial charge in [0.15, 0.2) is 0 Å². The van der Waals surface area contributed by atoms with Crippen LogP contribution in [0.1, 0.15) is 38.3 Å². The Morgan fingerprint density at radius 3 is 2.45 bits per heavy atom. The van der Waals surface area contributed by atoms with Crippen molar-refractivity contribution in [1.82, 2.24) is 10.6 Å². The van der Waals surface area contributed by atoms with Gasteiger partial charge in [-0.2, -0.15) is 0 Å². The summed E-state index contributed by atoms with van der Waals surface area (Å²) < 4.78 is 10.6. The molecule has 6 heteroatoms. The Morgan fingerprint density at radius 2 is 1.91 bits per heavy atom. The van der Waals surface area contributed by atoms with Crippen LogP contribution in [-0.2, 0) is 4.79 Å². The molecule has 1 aliphatic carbocycles. The molecule has 2 rings (SSSR count). The number of amides is 1. The zero-order valence-corrected chi connectivity index (χ0v) is 14.3. The number of rotatable bonds is 7. The molecular formula is C16H25ClN2O3. The lowest BCUT2D eigenvalue weighted by Crippen LogP contribution is -2.43. The van der Waals surface area contributed by atoms with Gasteiger partial charge in [0, 0.05) is 11.6 Å². The highest BCUT2D eigenvalue weighted by atomic mass is 35.5. The van der Waals surface area contributed by atoms with Crippen molar-refractivity contribution in [2.45, 2.75) is 44.8 Å². The van der Waals surface area contributed by atoms with E-state index in [2.05, 4.69) is 10.6 Å². The van der Waals surface area contributed by atoms with Gasteiger partial charge in [-0.25, -0.2) is 0 Å². The Bertz CT molecular complexity index is 506. The number of nitrogens with one attached hydrogen (secondary N) is 2. The summed E-state index contributed by atoms with van der Waals surface area (Å²) in [6.07, 6.45) is 2.33. The standard InChI is InChI=1S/C16H24N2O3.ClH/c1-10(18-16(19)11(2)17-12-5-6-12)14-9-13(20-3)7-8-15(14)21-4;/h7-12,17H,5-6H2,1-4H3,(H,18,19);1H. The van der Waals surface area contributed by atoms with Gasteiger partial charge in [-0.3, -0.25) is 4.79 Å². The summed E-state index contributed by atoms with van der Waals surface area (Å²) in [5.74, 6) is 1.49. The number of halogens is 1. The van der Waals surface area contributed by atoms with E-state index < -0.39 is 0 Å². The molecule has 2 atom stereocenters. The van der Waals surface area contributed by atoms with Crippen molar-refractivity contribution < 1.29 is 14.3 Å². The van der Waals surface area contributed by atoms with Crippen LogP contribution in [0, 0.1) is 0 Å². The van der Waals surface area contributed by atoms with Gasteiger partial charge in [-0.1, -0.05) is 0 Å². The third-order valence-electron chi connectivity index (χ3n) is 3.72. The summed E-state index contributed by atoms with van der Waals surface area (Å²) in [4.78, 5) is 12.2. The maximum absolute atomic E-state index is 12.2. The number of carbonyl (C=O) groups is 1. The quantitative estimate of drug-likeness (QED) is 0.807. The molecule has 5 nitrogen and oxygen atoms in total. The van der Waals surface area contributed by atoms with E-state index in [1.165, 1.54) is 0 Å². The highest BCUT2D eigenvalue weighted by Crippen LogP contribution is 2.29. The van der Waals surface area contributed by atoms with Crippen molar-refractivity contribution in [2.75, 3.05) is 14.2 Å². The molecule has 22 heavy (non-hydrogen) atoms. The molecule has 0 aliphatic heterocycles. The number of ether oxygens (including phenoxy) is 2. The molecule has 0 radical (unpaired) electrons. The van der Waals surface area contributed by atoms with Gasteiger partial charge in [0.05, 0.1) is 26.3 Å². The molecular weight excluding hydrogens is 304 g/mol. The fourth-order valence-corrected chi connectivity index (χ4v) is 2.27. The number of benzene rings is 1. The van der Waals surface area contributed by atoms with Gasteiger partial charge in [0.2, 0.25) is 5.91 Å². The third kappa shape index (κ3) is 4.78. The first-order valence-corrected chi connectivity index (χ1v) is 7.33. The van der Waals surface area contributed by atoms with Gasteiger partial charge in [-0.05, 0) is 44.9 Å².